The van der Waals surface area contributed by atoms with Crippen LogP contribution < -0.4 is 14.8 Å². The second-order valence-electron chi connectivity index (χ2n) is 5.79. The molecule has 0 atom stereocenters. The van der Waals surface area contributed by atoms with E-state index in [1.807, 2.05) is 54.7 Å². The summed E-state index contributed by atoms with van der Waals surface area (Å²) in [6.07, 6.45) is 6.83. The molecule has 6 heteroatoms. The van der Waals surface area contributed by atoms with E-state index < -0.39 is 0 Å². The summed E-state index contributed by atoms with van der Waals surface area (Å²) in [7, 11) is 0. The topological polar surface area (TPSA) is 65.4 Å². The maximum absolute atomic E-state index is 12.0. The zero-order chi connectivity index (χ0) is 17.8. The molecule has 3 aromatic rings. The largest absolute Gasteiger partial charge is 0.454 e. The molecule has 2 aromatic carbocycles. The number of amides is 1. The van der Waals surface area contributed by atoms with Crippen LogP contribution in [0, 0.1) is 0 Å². The van der Waals surface area contributed by atoms with Crippen molar-refractivity contribution in [3.05, 3.63) is 78.1 Å². The molecule has 1 aliphatic heterocycles. The summed E-state index contributed by atoms with van der Waals surface area (Å²) in [6.45, 7) is 0.660. The highest BCUT2D eigenvalue weighted by Crippen LogP contribution is 2.32. The number of fused-ring (bicyclic) bond motifs is 1. The van der Waals surface area contributed by atoms with Gasteiger partial charge in [-0.3, -0.25) is 4.79 Å². The van der Waals surface area contributed by atoms with Gasteiger partial charge >= 0.3 is 0 Å². The lowest BCUT2D eigenvalue weighted by Crippen LogP contribution is -2.20. The maximum atomic E-state index is 12.0. The lowest BCUT2D eigenvalue weighted by atomic mass is 10.2. The number of benzene rings is 2. The highest BCUT2D eigenvalue weighted by molar-refractivity contribution is 5.91. The molecule has 0 fully saturated rings. The van der Waals surface area contributed by atoms with E-state index in [4.69, 9.17) is 9.47 Å². The van der Waals surface area contributed by atoms with Gasteiger partial charge in [-0.1, -0.05) is 24.3 Å². The van der Waals surface area contributed by atoms with Gasteiger partial charge in [-0.2, -0.15) is 5.10 Å². The summed E-state index contributed by atoms with van der Waals surface area (Å²) >= 11 is 0. The number of hydrogen-bond acceptors (Lipinski definition) is 4. The predicted molar refractivity (Wildman–Crippen MR) is 97.0 cm³/mol. The SMILES string of the molecule is O=C(/C=C/c1cnn(-c2ccccc2)c1)NCc1ccc2c(c1)OCO2. The van der Waals surface area contributed by atoms with Crippen LogP contribution >= 0.6 is 0 Å². The zero-order valence-electron chi connectivity index (χ0n) is 14.0. The number of ether oxygens (including phenoxy) is 2. The van der Waals surface area contributed by atoms with Gasteiger partial charge in [-0.25, -0.2) is 4.68 Å². The Morgan fingerprint density at radius 2 is 2.00 bits per heavy atom. The quantitative estimate of drug-likeness (QED) is 0.721. The second kappa shape index (κ2) is 7.14. The molecule has 1 N–H and O–H groups in total. The van der Waals surface area contributed by atoms with Crippen LogP contribution in [0.4, 0.5) is 0 Å². The van der Waals surface area contributed by atoms with E-state index in [-0.39, 0.29) is 12.7 Å². The van der Waals surface area contributed by atoms with Crippen molar-refractivity contribution in [1.82, 2.24) is 15.1 Å². The summed E-state index contributed by atoms with van der Waals surface area (Å²) < 4.78 is 12.4. The van der Waals surface area contributed by atoms with Gasteiger partial charge in [0.1, 0.15) is 0 Å². The van der Waals surface area contributed by atoms with E-state index in [1.165, 1.54) is 6.08 Å². The standard InChI is InChI=1S/C20H17N3O3/c24-20(21-11-15-6-8-18-19(10-15)26-14-25-18)9-7-16-12-22-23(13-16)17-4-2-1-3-5-17/h1-10,12-13H,11,14H2,(H,21,24)/b9-7+. The monoisotopic (exact) mass is 347 g/mol. The van der Waals surface area contributed by atoms with Crippen molar-refractivity contribution in [3.63, 3.8) is 0 Å². The zero-order valence-corrected chi connectivity index (χ0v) is 14.0. The Morgan fingerprint density at radius 3 is 2.88 bits per heavy atom. The molecule has 0 radical (unpaired) electrons. The molecule has 0 saturated heterocycles. The van der Waals surface area contributed by atoms with Gasteiger partial charge in [0.15, 0.2) is 11.5 Å². The first-order valence-electron chi connectivity index (χ1n) is 8.22. The molecular weight excluding hydrogens is 330 g/mol. The van der Waals surface area contributed by atoms with Gasteiger partial charge in [-0.15, -0.1) is 0 Å². The lowest BCUT2D eigenvalue weighted by Gasteiger charge is -2.03. The molecule has 0 unspecified atom stereocenters. The molecule has 4 rings (SSSR count). The molecular formula is C20H17N3O3. The van der Waals surface area contributed by atoms with Crippen LogP contribution in [0.1, 0.15) is 11.1 Å². The molecule has 0 aliphatic carbocycles. The maximum Gasteiger partial charge on any atom is 0.244 e. The fourth-order valence-electron chi connectivity index (χ4n) is 2.62. The van der Waals surface area contributed by atoms with Crippen molar-refractivity contribution in [2.75, 3.05) is 6.79 Å². The van der Waals surface area contributed by atoms with Crippen LogP contribution in [0.5, 0.6) is 11.5 Å². The molecule has 1 aliphatic rings. The molecule has 0 saturated carbocycles. The number of carbonyl (C=O) groups is 1. The van der Waals surface area contributed by atoms with Crippen molar-refractivity contribution < 1.29 is 14.3 Å². The molecule has 6 nitrogen and oxygen atoms in total. The Morgan fingerprint density at radius 1 is 1.15 bits per heavy atom. The van der Waals surface area contributed by atoms with Crippen LogP contribution in [-0.4, -0.2) is 22.5 Å². The predicted octanol–water partition coefficient (Wildman–Crippen LogP) is 2.93. The van der Waals surface area contributed by atoms with E-state index in [9.17, 15) is 4.79 Å². The van der Waals surface area contributed by atoms with Gasteiger partial charge in [0.2, 0.25) is 12.7 Å². The minimum atomic E-state index is -0.171. The third kappa shape index (κ3) is 3.59. The van der Waals surface area contributed by atoms with Gasteiger partial charge < -0.3 is 14.8 Å². The minimum absolute atomic E-state index is 0.171. The van der Waals surface area contributed by atoms with E-state index in [1.54, 1.807) is 17.0 Å². The first-order valence-corrected chi connectivity index (χ1v) is 8.22. The number of para-hydroxylation sites is 1. The Balaban J connectivity index is 1.34. The molecule has 130 valence electrons. The van der Waals surface area contributed by atoms with Crippen LogP contribution in [0.2, 0.25) is 0 Å². The van der Waals surface area contributed by atoms with Crippen molar-refractivity contribution in [3.8, 4) is 17.2 Å². The van der Waals surface area contributed by atoms with Gasteiger partial charge in [0.05, 0.1) is 11.9 Å². The Bertz CT molecular complexity index is 948. The minimum Gasteiger partial charge on any atom is -0.454 e. The average Bonchev–Trinajstić information content (AvgIpc) is 3.34. The third-order valence-electron chi connectivity index (χ3n) is 3.95. The van der Waals surface area contributed by atoms with Gasteiger partial charge in [-0.05, 0) is 35.9 Å². The molecule has 1 amide bonds. The number of rotatable bonds is 5. The molecule has 1 aromatic heterocycles. The van der Waals surface area contributed by atoms with E-state index >= 15 is 0 Å². The van der Waals surface area contributed by atoms with Gasteiger partial charge in [0.25, 0.3) is 0 Å². The highest BCUT2D eigenvalue weighted by atomic mass is 16.7. The smallest absolute Gasteiger partial charge is 0.244 e. The van der Waals surface area contributed by atoms with E-state index in [0.717, 1.165) is 22.6 Å². The van der Waals surface area contributed by atoms with Crippen molar-refractivity contribution >= 4 is 12.0 Å². The van der Waals surface area contributed by atoms with Crippen molar-refractivity contribution in [2.24, 2.45) is 0 Å². The fourth-order valence-corrected chi connectivity index (χ4v) is 2.62. The number of aromatic nitrogens is 2. The summed E-state index contributed by atoms with van der Waals surface area (Å²) in [5.41, 5.74) is 2.78. The fraction of sp³-hybridized carbons (Fsp3) is 0.100. The van der Waals surface area contributed by atoms with Crippen molar-refractivity contribution in [2.45, 2.75) is 6.54 Å². The summed E-state index contributed by atoms with van der Waals surface area (Å²) in [5, 5.41) is 7.15. The Hall–Kier alpha value is -3.54. The summed E-state index contributed by atoms with van der Waals surface area (Å²) in [6, 6.07) is 15.4. The second-order valence-corrected chi connectivity index (χ2v) is 5.79. The Labute approximate surface area is 150 Å². The molecule has 2 heterocycles. The van der Waals surface area contributed by atoms with Gasteiger partial charge in [0, 0.05) is 24.4 Å². The first-order chi connectivity index (χ1) is 12.8. The summed E-state index contributed by atoms with van der Waals surface area (Å²) in [4.78, 5) is 12.0. The number of nitrogens with zero attached hydrogens (tertiary/aromatic N) is 2. The van der Waals surface area contributed by atoms with Crippen molar-refractivity contribution in [1.29, 1.82) is 0 Å². The molecule has 0 bridgehead atoms. The lowest BCUT2D eigenvalue weighted by molar-refractivity contribution is -0.116. The van der Waals surface area contributed by atoms with E-state index in [2.05, 4.69) is 10.4 Å². The van der Waals surface area contributed by atoms with E-state index in [0.29, 0.717) is 12.3 Å². The van der Waals surface area contributed by atoms with Crippen LogP contribution in [-0.2, 0) is 11.3 Å². The molecule has 26 heavy (non-hydrogen) atoms. The first kappa shape index (κ1) is 16.0. The number of carbonyl (C=O) groups excluding carboxylic acids is 1. The number of hydrogen-bond donors (Lipinski definition) is 1. The van der Waals surface area contributed by atoms with Crippen LogP contribution in [0.15, 0.2) is 67.0 Å². The molecule has 0 spiro atoms. The van der Waals surface area contributed by atoms with Crippen LogP contribution in [0.25, 0.3) is 11.8 Å². The van der Waals surface area contributed by atoms with Crippen LogP contribution in [0.3, 0.4) is 0 Å². The average molecular weight is 347 g/mol. The third-order valence-corrected chi connectivity index (χ3v) is 3.95. The summed E-state index contributed by atoms with van der Waals surface area (Å²) in [5.74, 6) is 1.27. The normalized spacial score (nSPS) is 12.5. The highest BCUT2D eigenvalue weighted by Gasteiger charge is 2.13. The number of nitrogens with one attached hydrogen (secondary N) is 1. The Kier molecular flexibility index (Phi) is 4.38.